The van der Waals surface area contributed by atoms with Crippen molar-refractivity contribution >= 4 is 35.0 Å². The summed E-state index contributed by atoms with van der Waals surface area (Å²) in [5.74, 6) is -0.458. The molecule has 4 nitrogen and oxygen atoms in total. The van der Waals surface area contributed by atoms with E-state index in [-0.39, 0.29) is 0 Å². The minimum atomic E-state index is -0.458. The number of esters is 1. The van der Waals surface area contributed by atoms with Crippen molar-refractivity contribution < 1.29 is 9.53 Å². The maximum atomic E-state index is 11.7. The number of ether oxygens (including phenoxy) is 1. The fourth-order valence-electron chi connectivity index (χ4n) is 1.66. The number of aryl methyl sites for hydroxylation is 1. The number of carbonyl (C=O) groups is 1. The Bertz CT molecular complexity index is 662. The molecule has 0 spiro atoms. The van der Waals surface area contributed by atoms with E-state index in [1.54, 1.807) is 24.4 Å². The lowest BCUT2D eigenvalue weighted by molar-refractivity contribution is 0.0601. The van der Waals surface area contributed by atoms with Gasteiger partial charge in [0, 0.05) is 16.8 Å². The van der Waals surface area contributed by atoms with Gasteiger partial charge < -0.3 is 10.5 Å². The van der Waals surface area contributed by atoms with E-state index >= 15 is 0 Å². The van der Waals surface area contributed by atoms with E-state index in [4.69, 9.17) is 22.1 Å². The van der Waals surface area contributed by atoms with E-state index in [9.17, 15) is 4.79 Å². The van der Waals surface area contributed by atoms with Crippen molar-refractivity contribution in [3.8, 4) is 0 Å². The average Bonchev–Trinajstić information content (AvgIpc) is 2.44. The summed E-state index contributed by atoms with van der Waals surface area (Å²) in [4.78, 5) is 16.7. The standard InChI is InChI=1S/C14H13ClN2O2S/c1-8-6-9(7-10(12(8)16)14(18)19-2)20-13-11(15)4-3-5-17-13/h3-7H,16H2,1-2H3. The van der Waals surface area contributed by atoms with Gasteiger partial charge in [0.2, 0.25) is 0 Å². The second-order valence-corrected chi connectivity index (χ2v) is 5.55. The van der Waals surface area contributed by atoms with Crippen LogP contribution in [0.25, 0.3) is 0 Å². The number of hydrogen-bond donors (Lipinski definition) is 1. The van der Waals surface area contributed by atoms with Gasteiger partial charge in [0.05, 0.1) is 17.7 Å². The molecule has 0 aliphatic rings. The van der Waals surface area contributed by atoms with E-state index in [0.29, 0.717) is 21.3 Å². The Morgan fingerprint density at radius 2 is 2.20 bits per heavy atom. The van der Waals surface area contributed by atoms with Crippen molar-refractivity contribution in [1.82, 2.24) is 4.98 Å². The Balaban J connectivity index is 2.41. The molecule has 1 aromatic carbocycles. The summed E-state index contributed by atoms with van der Waals surface area (Å²) in [6, 6.07) is 7.10. The van der Waals surface area contributed by atoms with Gasteiger partial charge in [0.15, 0.2) is 0 Å². The molecule has 0 saturated carbocycles. The number of nitrogens with two attached hydrogens (primary N) is 1. The Hall–Kier alpha value is -1.72. The van der Waals surface area contributed by atoms with Gasteiger partial charge in [-0.05, 0) is 36.8 Å². The minimum absolute atomic E-state index is 0.349. The second-order valence-electron chi connectivity index (χ2n) is 4.09. The third-order valence-electron chi connectivity index (χ3n) is 2.70. The maximum absolute atomic E-state index is 11.7. The highest BCUT2D eigenvalue weighted by Gasteiger charge is 2.14. The largest absolute Gasteiger partial charge is 0.465 e. The van der Waals surface area contributed by atoms with Crippen LogP contribution in [-0.2, 0) is 4.74 Å². The molecule has 0 atom stereocenters. The van der Waals surface area contributed by atoms with Crippen molar-refractivity contribution in [3.63, 3.8) is 0 Å². The van der Waals surface area contributed by atoms with E-state index in [1.807, 2.05) is 13.0 Å². The van der Waals surface area contributed by atoms with Crippen LogP contribution in [-0.4, -0.2) is 18.1 Å². The van der Waals surface area contributed by atoms with Gasteiger partial charge in [-0.15, -0.1) is 0 Å². The first kappa shape index (κ1) is 14.7. The summed E-state index contributed by atoms with van der Waals surface area (Å²) in [7, 11) is 1.33. The van der Waals surface area contributed by atoms with Crippen LogP contribution in [0, 0.1) is 6.92 Å². The molecule has 2 N–H and O–H groups in total. The van der Waals surface area contributed by atoms with Crippen molar-refractivity contribution in [1.29, 1.82) is 0 Å². The Labute approximate surface area is 126 Å². The molecule has 20 heavy (non-hydrogen) atoms. The highest BCUT2D eigenvalue weighted by Crippen LogP contribution is 2.34. The van der Waals surface area contributed by atoms with Crippen molar-refractivity contribution in [2.24, 2.45) is 0 Å². The van der Waals surface area contributed by atoms with Crippen LogP contribution < -0.4 is 5.73 Å². The maximum Gasteiger partial charge on any atom is 0.340 e. The van der Waals surface area contributed by atoms with Crippen molar-refractivity contribution in [2.75, 3.05) is 12.8 Å². The first-order valence-corrected chi connectivity index (χ1v) is 6.99. The molecule has 2 rings (SSSR count). The molecule has 0 radical (unpaired) electrons. The highest BCUT2D eigenvalue weighted by atomic mass is 35.5. The third kappa shape index (κ3) is 3.05. The number of pyridine rings is 1. The molecular formula is C14H13ClN2O2S. The Kier molecular flexibility index (Phi) is 4.52. The van der Waals surface area contributed by atoms with Gasteiger partial charge in [-0.25, -0.2) is 9.78 Å². The number of halogens is 1. The van der Waals surface area contributed by atoms with Crippen LogP contribution in [0.3, 0.4) is 0 Å². The van der Waals surface area contributed by atoms with Gasteiger partial charge in [0.1, 0.15) is 5.03 Å². The van der Waals surface area contributed by atoms with Gasteiger partial charge in [-0.3, -0.25) is 0 Å². The van der Waals surface area contributed by atoms with E-state index < -0.39 is 5.97 Å². The fraction of sp³-hybridized carbons (Fsp3) is 0.143. The number of rotatable bonds is 3. The lowest BCUT2D eigenvalue weighted by Gasteiger charge is -2.10. The summed E-state index contributed by atoms with van der Waals surface area (Å²) in [6.45, 7) is 1.84. The molecule has 2 aromatic rings. The molecule has 1 heterocycles. The average molecular weight is 309 g/mol. The van der Waals surface area contributed by atoms with E-state index in [1.165, 1.54) is 18.9 Å². The van der Waals surface area contributed by atoms with Crippen LogP contribution in [0.2, 0.25) is 5.02 Å². The van der Waals surface area contributed by atoms with Gasteiger partial charge in [-0.1, -0.05) is 23.4 Å². The summed E-state index contributed by atoms with van der Waals surface area (Å²) >= 11 is 7.45. The Morgan fingerprint density at radius 3 is 2.85 bits per heavy atom. The van der Waals surface area contributed by atoms with Crippen molar-refractivity contribution in [2.45, 2.75) is 16.8 Å². The number of nitrogen functional groups attached to an aromatic ring is 1. The Morgan fingerprint density at radius 1 is 1.45 bits per heavy atom. The zero-order valence-corrected chi connectivity index (χ0v) is 12.6. The molecule has 0 aliphatic heterocycles. The number of benzene rings is 1. The molecule has 1 aromatic heterocycles. The molecule has 0 fully saturated rings. The minimum Gasteiger partial charge on any atom is -0.465 e. The van der Waals surface area contributed by atoms with Crippen LogP contribution in [0.4, 0.5) is 5.69 Å². The zero-order valence-electron chi connectivity index (χ0n) is 11.0. The predicted octanol–water partition coefficient (Wildman–Crippen LogP) is 3.56. The highest BCUT2D eigenvalue weighted by molar-refractivity contribution is 7.99. The number of nitrogens with zero attached hydrogens (tertiary/aromatic N) is 1. The predicted molar refractivity (Wildman–Crippen MR) is 80.3 cm³/mol. The van der Waals surface area contributed by atoms with Gasteiger partial charge in [0.25, 0.3) is 0 Å². The monoisotopic (exact) mass is 308 g/mol. The number of methoxy groups -OCH3 is 1. The topological polar surface area (TPSA) is 65.2 Å². The summed E-state index contributed by atoms with van der Waals surface area (Å²) in [5.41, 5.74) is 7.48. The molecule has 0 bridgehead atoms. The second kappa shape index (κ2) is 6.15. The molecule has 0 amide bonds. The smallest absolute Gasteiger partial charge is 0.340 e. The quantitative estimate of drug-likeness (QED) is 0.693. The lowest BCUT2D eigenvalue weighted by atomic mass is 10.1. The van der Waals surface area contributed by atoms with E-state index in [0.717, 1.165) is 10.5 Å². The van der Waals surface area contributed by atoms with Crippen molar-refractivity contribution in [3.05, 3.63) is 46.6 Å². The lowest BCUT2D eigenvalue weighted by Crippen LogP contribution is -2.07. The zero-order chi connectivity index (χ0) is 14.7. The molecule has 0 saturated heterocycles. The van der Waals surface area contributed by atoms with E-state index in [2.05, 4.69) is 4.98 Å². The molecule has 0 unspecified atom stereocenters. The first-order valence-electron chi connectivity index (χ1n) is 5.79. The number of hydrogen-bond acceptors (Lipinski definition) is 5. The van der Waals surface area contributed by atoms with Gasteiger partial charge >= 0.3 is 5.97 Å². The first-order chi connectivity index (χ1) is 9.52. The van der Waals surface area contributed by atoms with Crippen LogP contribution in [0.1, 0.15) is 15.9 Å². The fourth-order valence-corrected chi connectivity index (χ4v) is 2.81. The summed E-state index contributed by atoms with van der Waals surface area (Å²) in [6.07, 6.45) is 1.67. The normalized spacial score (nSPS) is 10.3. The van der Waals surface area contributed by atoms with Crippen LogP contribution in [0.15, 0.2) is 40.4 Å². The van der Waals surface area contributed by atoms with Gasteiger partial charge in [-0.2, -0.15) is 0 Å². The SMILES string of the molecule is COC(=O)c1cc(Sc2ncccc2Cl)cc(C)c1N. The van der Waals surface area contributed by atoms with Crippen LogP contribution in [0.5, 0.6) is 0 Å². The molecular weight excluding hydrogens is 296 g/mol. The molecule has 6 heteroatoms. The molecule has 104 valence electrons. The van der Waals surface area contributed by atoms with Crippen LogP contribution >= 0.6 is 23.4 Å². The number of anilines is 1. The number of carbonyl (C=O) groups excluding carboxylic acids is 1. The number of aromatic nitrogens is 1. The third-order valence-corrected chi connectivity index (χ3v) is 4.11. The summed E-state index contributed by atoms with van der Waals surface area (Å²) in [5, 5.41) is 1.24. The molecule has 0 aliphatic carbocycles. The summed E-state index contributed by atoms with van der Waals surface area (Å²) < 4.78 is 4.73.